The molecular weight excluding hydrogens is 276 g/mol. The van der Waals surface area contributed by atoms with Gasteiger partial charge < -0.3 is 14.4 Å². The van der Waals surface area contributed by atoms with Crippen molar-refractivity contribution in [2.75, 3.05) is 33.4 Å². The largest absolute Gasteiger partial charge is 0.465 e. The number of ether oxygens (including phenoxy) is 2. The molecule has 0 aromatic carbocycles. The maximum absolute atomic E-state index is 12.3. The lowest BCUT2D eigenvalue weighted by Crippen LogP contribution is -2.39. The second-order valence-corrected chi connectivity index (χ2v) is 4.72. The Balaban J connectivity index is 2.79. The highest BCUT2D eigenvalue weighted by Crippen LogP contribution is 2.09. The molecule has 0 aliphatic carbocycles. The van der Waals surface area contributed by atoms with Crippen molar-refractivity contribution in [3.05, 3.63) is 11.6 Å². The van der Waals surface area contributed by atoms with Gasteiger partial charge in [-0.05, 0) is 6.92 Å². The molecule has 1 heterocycles. The molecule has 0 aliphatic heterocycles. The first-order valence-electron chi connectivity index (χ1n) is 6.85. The molecule has 1 rings (SSSR count). The van der Waals surface area contributed by atoms with E-state index in [1.807, 2.05) is 13.8 Å². The zero-order valence-electron chi connectivity index (χ0n) is 12.9. The molecule has 0 aliphatic rings. The van der Waals surface area contributed by atoms with Gasteiger partial charge in [-0.25, -0.2) is 4.98 Å². The number of esters is 1. The van der Waals surface area contributed by atoms with Crippen molar-refractivity contribution in [1.82, 2.24) is 20.1 Å². The second kappa shape index (κ2) is 8.35. The molecule has 118 valence electrons. The van der Waals surface area contributed by atoms with E-state index in [0.717, 1.165) is 0 Å². The van der Waals surface area contributed by atoms with E-state index in [9.17, 15) is 9.59 Å². The maximum Gasteiger partial charge on any atom is 0.325 e. The molecule has 8 heteroatoms. The number of nitrogens with zero attached hydrogens (tertiary/aromatic N) is 3. The average molecular weight is 298 g/mol. The van der Waals surface area contributed by atoms with Crippen molar-refractivity contribution in [1.29, 1.82) is 0 Å². The number of H-pyrrole nitrogens is 1. The van der Waals surface area contributed by atoms with Gasteiger partial charge in [0, 0.05) is 19.6 Å². The highest BCUT2D eigenvalue weighted by atomic mass is 16.5. The van der Waals surface area contributed by atoms with Gasteiger partial charge in [-0.2, -0.15) is 0 Å². The van der Waals surface area contributed by atoms with E-state index in [2.05, 4.69) is 15.2 Å². The molecule has 1 amide bonds. The summed E-state index contributed by atoms with van der Waals surface area (Å²) in [6.07, 6.45) is 0. The first kappa shape index (κ1) is 17.1. The van der Waals surface area contributed by atoms with Crippen LogP contribution in [0.3, 0.4) is 0 Å². The number of methoxy groups -OCH3 is 1. The number of aromatic nitrogens is 3. The van der Waals surface area contributed by atoms with E-state index < -0.39 is 11.9 Å². The van der Waals surface area contributed by atoms with Crippen LogP contribution in [0.2, 0.25) is 0 Å². The second-order valence-electron chi connectivity index (χ2n) is 4.72. The summed E-state index contributed by atoms with van der Waals surface area (Å²) in [4.78, 5) is 29.4. The predicted octanol–water partition coefficient (Wildman–Crippen LogP) is 0.580. The molecule has 21 heavy (non-hydrogen) atoms. The fraction of sp³-hybridized carbons (Fsp3) is 0.692. The highest BCUT2D eigenvalue weighted by molar-refractivity contribution is 5.92. The number of amides is 1. The molecule has 0 saturated heterocycles. The van der Waals surface area contributed by atoms with Crippen molar-refractivity contribution in [3.63, 3.8) is 0 Å². The first-order chi connectivity index (χ1) is 9.99. The SMILES string of the molecule is CCOC(=O)CN(CCOC)C(=O)c1n[nH]c(C(C)C)n1. The molecule has 0 radical (unpaired) electrons. The van der Waals surface area contributed by atoms with Crippen LogP contribution < -0.4 is 0 Å². The minimum Gasteiger partial charge on any atom is -0.465 e. The van der Waals surface area contributed by atoms with Gasteiger partial charge >= 0.3 is 5.97 Å². The highest BCUT2D eigenvalue weighted by Gasteiger charge is 2.23. The number of rotatable bonds is 8. The Kier molecular flexibility index (Phi) is 6.80. The molecule has 0 spiro atoms. The van der Waals surface area contributed by atoms with Crippen LogP contribution in [0.15, 0.2) is 0 Å². The topological polar surface area (TPSA) is 97.4 Å². The van der Waals surface area contributed by atoms with Crippen LogP contribution in [0.4, 0.5) is 0 Å². The summed E-state index contributed by atoms with van der Waals surface area (Å²) in [6.45, 7) is 6.28. The molecule has 0 bridgehead atoms. The molecule has 0 saturated carbocycles. The number of carbonyl (C=O) groups excluding carboxylic acids is 2. The van der Waals surface area contributed by atoms with E-state index in [1.165, 1.54) is 12.0 Å². The monoisotopic (exact) mass is 298 g/mol. The number of hydrogen-bond acceptors (Lipinski definition) is 6. The Labute approximate surface area is 123 Å². The standard InChI is InChI=1S/C13H22N4O4/c1-5-21-10(18)8-17(6-7-20-4)13(19)12-14-11(9(2)3)15-16-12/h9H,5-8H2,1-4H3,(H,14,15,16). The van der Waals surface area contributed by atoms with Crippen LogP contribution in [0.1, 0.15) is 43.1 Å². The van der Waals surface area contributed by atoms with E-state index in [0.29, 0.717) is 12.4 Å². The van der Waals surface area contributed by atoms with E-state index in [-0.39, 0.29) is 31.4 Å². The maximum atomic E-state index is 12.3. The number of hydrogen-bond donors (Lipinski definition) is 1. The Morgan fingerprint density at radius 1 is 1.38 bits per heavy atom. The fourth-order valence-electron chi connectivity index (χ4n) is 1.59. The van der Waals surface area contributed by atoms with E-state index in [1.54, 1.807) is 6.92 Å². The van der Waals surface area contributed by atoms with Gasteiger partial charge in [0.1, 0.15) is 12.4 Å². The minimum atomic E-state index is -0.471. The summed E-state index contributed by atoms with van der Waals surface area (Å²) < 4.78 is 9.81. The smallest absolute Gasteiger partial charge is 0.325 e. The molecule has 0 atom stereocenters. The van der Waals surface area contributed by atoms with Crippen molar-refractivity contribution in [2.24, 2.45) is 0 Å². The van der Waals surface area contributed by atoms with Crippen molar-refractivity contribution in [3.8, 4) is 0 Å². The summed E-state index contributed by atoms with van der Waals surface area (Å²) in [6, 6.07) is 0. The molecule has 8 nitrogen and oxygen atoms in total. The predicted molar refractivity (Wildman–Crippen MR) is 74.9 cm³/mol. The summed E-state index contributed by atoms with van der Waals surface area (Å²) >= 11 is 0. The number of carbonyl (C=O) groups is 2. The third-order valence-corrected chi connectivity index (χ3v) is 2.72. The van der Waals surface area contributed by atoms with Crippen molar-refractivity contribution >= 4 is 11.9 Å². The molecule has 1 N–H and O–H groups in total. The summed E-state index contributed by atoms with van der Waals surface area (Å²) in [5, 5.41) is 6.62. The van der Waals surface area contributed by atoms with E-state index in [4.69, 9.17) is 9.47 Å². The molecule has 0 unspecified atom stereocenters. The van der Waals surface area contributed by atoms with Gasteiger partial charge in [0.2, 0.25) is 5.82 Å². The summed E-state index contributed by atoms with van der Waals surface area (Å²) in [5.74, 6) is -0.0957. The Hall–Kier alpha value is -1.96. The fourth-order valence-corrected chi connectivity index (χ4v) is 1.59. The molecule has 0 fully saturated rings. The number of nitrogens with one attached hydrogen (secondary N) is 1. The van der Waals surface area contributed by atoms with Gasteiger partial charge in [-0.3, -0.25) is 14.7 Å². The van der Waals surface area contributed by atoms with Crippen LogP contribution in [0.5, 0.6) is 0 Å². The van der Waals surface area contributed by atoms with Gasteiger partial charge in [-0.15, -0.1) is 5.10 Å². The summed E-state index contributed by atoms with van der Waals surface area (Å²) in [5.41, 5.74) is 0. The van der Waals surface area contributed by atoms with Crippen LogP contribution >= 0.6 is 0 Å². The van der Waals surface area contributed by atoms with Crippen LogP contribution in [0.25, 0.3) is 0 Å². The van der Waals surface area contributed by atoms with Gasteiger partial charge in [0.15, 0.2) is 0 Å². The van der Waals surface area contributed by atoms with Gasteiger partial charge in [0.25, 0.3) is 5.91 Å². The first-order valence-corrected chi connectivity index (χ1v) is 6.85. The Morgan fingerprint density at radius 2 is 2.10 bits per heavy atom. The average Bonchev–Trinajstić information content (AvgIpc) is 2.93. The molecule has 1 aromatic rings. The number of aromatic amines is 1. The lowest BCUT2D eigenvalue weighted by molar-refractivity contribution is -0.143. The zero-order chi connectivity index (χ0) is 15.8. The Bertz CT molecular complexity index is 472. The van der Waals surface area contributed by atoms with Gasteiger partial charge in [0.05, 0.1) is 13.2 Å². The van der Waals surface area contributed by atoms with Crippen molar-refractivity contribution < 1.29 is 19.1 Å². The quantitative estimate of drug-likeness (QED) is 0.705. The third-order valence-electron chi connectivity index (χ3n) is 2.72. The zero-order valence-corrected chi connectivity index (χ0v) is 12.9. The lowest BCUT2D eigenvalue weighted by atomic mass is 10.2. The molecule has 1 aromatic heterocycles. The normalized spacial score (nSPS) is 10.7. The van der Waals surface area contributed by atoms with Crippen LogP contribution in [-0.2, 0) is 14.3 Å². The van der Waals surface area contributed by atoms with E-state index >= 15 is 0 Å². The van der Waals surface area contributed by atoms with Crippen molar-refractivity contribution in [2.45, 2.75) is 26.7 Å². The van der Waals surface area contributed by atoms with Crippen LogP contribution in [-0.4, -0.2) is 65.4 Å². The molecular formula is C13H22N4O4. The van der Waals surface area contributed by atoms with Gasteiger partial charge in [-0.1, -0.05) is 13.8 Å². The third kappa shape index (κ3) is 5.14. The Morgan fingerprint density at radius 3 is 2.62 bits per heavy atom. The van der Waals surface area contributed by atoms with Crippen LogP contribution in [0, 0.1) is 0 Å². The lowest BCUT2D eigenvalue weighted by Gasteiger charge is -2.19. The minimum absolute atomic E-state index is 0.0408. The summed E-state index contributed by atoms with van der Waals surface area (Å²) in [7, 11) is 1.52.